The largest absolute Gasteiger partial charge is 0.360 e. The average molecular weight is 497 g/mol. The van der Waals surface area contributed by atoms with E-state index in [0.29, 0.717) is 22.6 Å². The lowest BCUT2D eigenvalue weighted by molar-refractivity contribution is -0.115. The summed E-state index contributed by atoms with van der Waals surface area (Å²) in [6.07, 6.45) is 3.45. The van der Waals surface area contributed by atoms with Gasteiger partial charge in [-0.2, -0.15) is 0 Å². The maximum absolute atomic E-state index is 13.5. The van der Waals surface area contributed by atoms with Crippen molar-refractivity contribution >= 4 is 23.5 Å². The molecule has 1 N–H and O–H groups in total. The number of thioether (sulfide) groups is 1. The Bertz CT molecular complexity index is 1500. The molecule has 0 saturated heterocycles. The van der Waals surface area contributed by atoms with Gasteiger partial charge in [-0.3, -0.25) is 14.3 Å². The molecule has 8 nitrogen and oxygen atoms in total. The molecule has 5 rings (SSSR count). The first kappa shape index (κ1) is 23.5. The van der Waals surface area contributed by atoms with Crippen molar-refractivity contribution < 1.29 is 9.32 Å². The minimum absolute atomic E-state index is 0.236. The van der Waals surface area contributed by atoms with Crippen molar-refractivity contribution in [1.29, 1.82) is 0 Å². The van der Waals surface area contributed by atoms with Crippen molar-refractivity contribution in [3.63, 3.8) is 0 Å². The van der Waals surface area contributed by atoms with E-state index in [9.17, 15) is 4.79 Å². The second-order valence-corrected chi connectivity index (χ2v) is 9.44. The Labute approximate surface area is 212 Å². The fourth-order valence-electron chi connectivity index (χ4n) is 3.75. The van der Waals surface area contributed by atoms with Crippen molar-refractivity contribution in [2.45, 2.75) is 31.2 Å². The Morgan fingerprint density at radius 2 is 1.72 bits per heavy atom. The van der Waals surface area contributed by atoms with Crippen LogP contribution >= 0.6 is 11.8 Å². The molecular weight excluding hydrogens is 472 g/mol. The second-order valence-electron chi connectivity index (χ2n) is 8.37. The number of hydrogen-bond acceptors (Lipinski definition) is 7. The molecule has 1 amide bonds. The first-order valence-electron chi connectivity index (χ1n) is 11.4. The first-order chi connectivity index (χ1) is 17.5. The molecule has 0 aliphatic carbocycles. The van der Waals surface area contributed by atoms with Crippen LogP contribution in [0.1, 0.15) is 27.7 Å². The maximum Gasteiger partial charge on any atom is 0.243 e. The maximum atomic E-state index is 13.5. The van der Waals surface area contributed by atoms with Gasteiger partial charge in [0.15, 0.2) is 16.8 Å². The summed E-state index contributed by atoms with van der Waals surface area (Å²) in [5, 5.41) is 15.8. The summed E-state index contributed by atoms with van der Waals surface area (Å²) < 4.78 is 7.10. The molecule has 0 unspecified atom stereocenters. The molecule has 1 atom stereocenters. The monoisotopic (exact) mass is 496 g/mol. The molecule has 3 aromatic heterocycles. The van der Waals surface area contributed by atoms with Gasteiger partial charge in [-0.15, -0.1) is 10.2 Å². The number of aromatic nitrogens is 5. The van der Waals surface area contributed by atoms with Crippen molar-refractivity contribution in [2.75, 3.05) is 5.32 Å². The molecule has 0 aliphatic heterocycles. The molecular formula is C27H24N6O2S. The smallest absolute Gasteiger partial charge is 0.243 e. The van der Waals surface area contributed by atoms with Gasteiger partial charge in [0.05, 0.1) is 5.69 Å². The summed E-state index contributed by atoms with van der Waals surface area (Å²) in [7, 11) is 0. The van der Waals surface area contributed by atoms with Gasteiger partial charge >= 0.3 is 0 Å². The molecule has 0 fully saturated rings. The number of carbonyl (C=O) groups is 1. The molecule has 180 valence electrons. The zero-order valence-corrected chi connectivity index (χ0v) is 20.9. The highest BCUT2D eigenvalue weighted by atomic mass is 32.2. The highest BCUT2D eigenvalue weighted by Crippen LogP contribution is 2.38. The Balaban J connectivity index is 1.58. The second kappa shape index (κ2) is 10.2. The molecule has 0 aliphatic rings. The lowest BCUT2D eigenvalue weighted by Crippen LogP contribution is -2.19. The van der Waals surface area contributed by atoms with Crippen molar-refractivity contribution in [3.05, 3.63) is 102 Å². The number of amides is 1. The van der Waals surface area contributed by atoms with Crippen LogP contribution < -0.4 is 5.32 Å². The number of nitrogens with zero attached hydrogens (tertiary/aromatic N) is 5. The third kappa shape index (κ3) is 4.92. The van der Waals surface area contributed by atoms with Crippen LogP contribution in [-0.2, 0) is 4.79 Å². The number of hydrogen-bond donors (Lipinski definition) is 1. The summed E-state index contributed by atoms with van der Waals surface area (Å²) >= 11 is 1.33. The van der Waals surface area contributed by atoms with Crippen molar-refractivity contribution in [2.24, 2.45) is 0 Å². The molecule has 0 spiro atoms. The van der Waals surface area contributed by atoms with Gasteiger partial charge in [0, 0.05) is 24.0 Å². The summed E-state index contributed by atoms with van der Waals surface area (Å²) in [6.45, 7) is 5.92. The standard InChI is InChI=1S/C27H24N6O2S/c1-17-9-10-22(15-18(17)2)33-25(21-11-13-28-14-12-21)30-31-27(33)36-24(20-7-5-4-6-8-20)26(34)29-23-16-19(3)35-32-23/h4-16,24H,1-3H3,(H,29,32,34)/t24-/m0/s1. The number of anilines is 1. The quantitative estimate of drug-likeness (QED) is 0.288. The van der Waals surface area contributed by atoms with E-state index in [2.05, 4.69) is 51.6 Å². The van der Waals surface area contributed by atoms with E-state index in [-0.39, 0.29) is 5.91 Å². The van der Waals surface area contributed by atoms with E-state index in [1.807, 2.05) is 53.1 Å². The van der Waals surface area contributed by atoms with Gasteiger partial charge in [-0.05, 0) is 61.7 Å². The zero-order valence-electron chi connectivity index (χ0n) is 20.0. The van der Waals surface area contributed by atoms with Crippen LogP contribution in [0.2, 0.25) is 0 Å². The molecule has 5 aromatic rings. The molecule has 0 bridgehead atoms. The van der Waals surface area contributed by atoms with E-state index < -0.39 is 5.25 Å². The van der Waals surface area contributed by atoms with Crippen LogP contribution in [0.15, 0.2) is 88.8 Å². The zero-order chi connectivity index (χ0) is 25.1. The molecule has 2 aromatic carbocycles. The summed E-state index contributed by atoms with van der Waals surface area (Å²) in [5.41, 5.74) is 4.96. The van der Waals surface area contributed by atoms with Crippen LogP contribution in [0.4, 0.5) is 5.82 Å². The number of rotatable bonds is 7. The normalized spacial score (nSPS) is 11.9. The predicted molar refractivity (Wildman–Crippen MR) is 139 cm³/mol. The van der Waals surface area contributed by atoms with E-state index in [0.717, 1.165) is 22.4 Å². The lowest BCUT2D eigenvalue weighted by atomic mass is 10.1. The molecule has 0 radical (unpaired) electrons. The Morgan fingerprint density at radius 1 is 0.944 bits per heavy atom. The van der Waals surface area contributed by atoms with Crippen LogP contribution in [0.5, 0.6) is 0 Å². The van der Waals surface area contributed by atoms with Crippen LogP contribution in [-0.4, -0.2) is 30.8 Å². The van der Waals surface area contributed by atoms with Gasteiger partial charge in [-0.1, -0.05) is 53.3 Å². The summed E-state index contributed by atoms with van der Waals surface area (Å²) in [6, 6.07) is 21.3. The molecule has 9 heteroatoms. The van der Waals surface area contributed by atoms with Gasteiger partial charge < -0.3 is 9.84 Å². The Morgan fingerprint density at radius 3 is 2.42 bits per heavy atom. The minimum Gasteiger partial charge on any atom is -0.360 e. The third-order valence-electron chi connectivity index (χ3n) is 5.76. The van der Waals surface area contributed by atoms with Gasteiger partial charge in [0.25, 0.3) is 0 Å². The number of nitrogens with one attached hydrogen (secondary N) is 1. The van der Waals surface area contributed by atoms with Gasteiger partial charge in [0.1, 0.15) is 11.0 Å². The SMILES string of the molecule is Cc1cc(NC(=O)[C@@H](Sc2nnc(-c3ccncc3)n2-c2ccc(C)c(C)c2)c2ccccc2)no1. The fraction of sp³-hybridized carbons (Fsp3) is 0.148. The highest BCUT2D eigenvalue weighted by Gasteiger charge is 2.27. The summed E-state index contributed by atoms with van der Waals surface area (Å²) in [4.78, 5) is 17.6. The number of carbonyl (C=O) groups excluding carboxylic acids is 1. The average Bonchev–Trinajstić information content (AvgIpc) is 3.51. The van der Waals surface area contributed by atoms with E-state index >= 15 is 0 Å². The molecule has 0 saturated carbocycles. The van der Waals surface area contributed by atoms with Crippen LogP contribution in [0, 0.1) is 20.8 Å². The minimum atomic E-state index is -0.608. The van der Waals surface area contributed by atoms with Crippen LogP contribution in [0.25, 0.3) is 17.1 Å². The van der Waals surface area contributed by atoms with Gasteiger partial charge in [-0.25, -0.2) is 0 Å². The Kier molecular flexibility index (Phi) is 6.64. The van der Waals surface area contributed by atoms with Crippen molar-refractivity contribution in [3.8, 4) is 17.1 Å². The summed E-state index contributed by atoms with van der Waals surface area (Å²) in [5.74, 6) is 1.42. The molecule has 36 heavy (non-hydrogen) atoms. The first-order valence-corrected chi connectivity index (χ1v) is 12.3. The number of pyridine rings is 1. The predicted octanol–water partition coefficient (Wildman–Crippen LogP) is 5.71. The lowest BCUT2D eigenvalue weighted by Gasteiger charge is -2.17. The Hall–Kier alpha value is -4.24. The fourth-order valence-corrected chi connectivity index (χ4v) is 4.81. The van der Waals surface area contributed by atoms with E-state index in [1.54, 1.807) is 25.4 Å². The third-order valence-corrected chi connectivity index (χ3v) is 6.96. The molecule has 3 heterocycles. The van der Waals surface area contributed by atoms with Crippen molar-refractivity contribution in [1.82, 2.24) is 24.9 Å². The van der Waals surface area contributed by atoms with Crippen LogP contribution in [0.3, 0.4) is 0 Å². The highest BCUT2D eigenvalue weighted by molar-refractivity contribution is 8.00. The topological polar surface area (TPSA) is 98.7 Å². The number of aryl methyl sites for hydroxylation is 3. The van der Waals surface area contributed by atoms with E-state index in [1.165, 1.54) is 17.3 Å². The van der Waals surface area contributed by atoms with Gasteiger partial charge in [0.2, 0.25) is 5.91 Å². The number of benzene rings is 2. The van der Waals surface area contributed by atoms with E-state index in [4.69, 9.17) is 4.52 Å².